The lowest BCUT2D eigenvalue weighted by Crippen LogP contribution is -2.23. The number of hydrogen-bond acceptors (Lipinski definition) is 4. The summed E-state index contributed by atoms with van der Waals surface area (Å²) in [7, 11) is 0. The summed E-state index contributed by atoms with van der Waals surface area (Å²) in [5, 5.41) is 25.9. The van der Waals surface area contributed by atoms with Crippen molar-refractivity contribution >= 4 is 0 Å². The second kappa shape index (κ2) is 7.84. The van der Waals surface area contributed by atoms with Gasteiger partial charge in [-0.1, -0.05) is 17.9 Å². The fourth-order valence-electron chi connectivity index (χ4n) is 1.53. The molecule has 1 aromatic carbocycles. The highest BCUT2D eigenvalue weighted by Crippen LogP contribution is 2.11. The highest BCUT2D eigenvalue weighted by atomic mass is 19.1. The molecule has 0 aliphatic carbocycles. The van der Waals surface area contributed by atoms with E-state index < -0.39 is 5.82 Å². The first-order valence-electron chi connectivity index (χ1n) is 5.55. The summed E-state index contributed by atoms with van der Waals surface area (Å²) in [5.41, 5.74) is 0.953. The van der Waals surface area contributed by atoms with Crippen LogP contribution in [-0.4, -0.2) is 29.7 Å². The van der Waals surface area contributed by atoms with E-state index in [9.17, 15) is 4.39 Å². The predicted octanol–water partition coefficient (Wildman–Crippen LogP) is 1.02. The van der Waals surface area contributed by atoms with Crippen molar-refractivity contribution in [3.05, 3.63) is 35.1 Å². The second-order valence-electron chi connectivity index (χ2n) is 3.74. The minimum absolute atomic E-state index is 0.128. The van der Waals surface area contributed by atoms with Crippen molar-refractivity contribution in [1.82, 2.24) is 4.90 Å². The summed E-state index contributed by atoms with van der Waals surface area (Å²) in [4.78, 5) is 1.64. The molecule has 0 amide bonds. The van der Waals surface area contributed by atoms with Gasteiger partial charge < -0.3 is 5.11 Å². The molecule has 0 fully saturated rings. The molecule has 19 heavy (non-hydrogen) atoms. The Hall–Kier alpha value is -2.39. The van der Waals surface area contributed by atoms with Gasteiger partial charge in [0.1, 0.15) is 12.4 Å². The molecule has 0 saturated carbocycles. The maximum Gasteiger partial charge on any atom is 0.138 e. The van der Waals surface area contributed by atoms with Crippen molar-refractivity contribution in [1.29, 1.82) is 10.5 Å². The standard InChI is InChI=1S/C14H12FN3O/c15-14-4-3-12(10-13(14)2-1-9-19)11-18(7-5-16)8-6-17/h3-4,10,19H,7-9,11H2. The van der Waals surface area contributed by atoms with E-state index >= 15 is 0 Å². The molecule has 0 radical (unpaired) electrons. The number of rotatable bonds is 4. The average molecular weight is 257 g/mol. The Morgan fingerprint density at radius 1 is 1.21 bits per heavy atom. The van der Waals surface area contributed by atoms with Crippen molar-refractivity contribution in [2.75, 3.05) is 19.7 Å². The van der Waals surface area contributed by atoms with Gasteiger partial charge in [0.25, 0.3) is 0 Å². The van der Waals surface area contributed by atoms with Gasteiger partial charge >= 0.3 is 0 Å². The van der Waals surface area contributed by atoms with Crippen molar-refractivity contribution in [2.24, 2.45) is 0 Å². The molecule has 0 heterocycles. The summed E-state index contributed by atoms with van der Waals surface area (Å²) in [5.74, 6) is 4.44. The summed E-state index contributed by atoms with van der Waals surface area (Å²) >= 11 is 0. The van der Waals surface area contributed by atoms with Crippen LogP contribution in [0.3, 0.4) is 0 Å². The first kappa shape index (κ1) is 14.7. The molecule has 1 rings (SSSR count). The molecule has 1 aromatic rings. The van der Waals surface area contributed by atoms with E-state index in [4.69, 9.17) is 15.6 Å². The molecule has 0 aliphatic rings. The van der Waals surface area contributed by atoms with Crippen LogP contribution >= 0.6 is 0 Å². The lowest BCUT2D eigenvalue weighted by atomic mass is 10.1. The summed E-state index contributed by atoms with van der Waals surface area (Å²) in [6.45, 7) is 0.291. The number of benzene rings is 1. The number of nitriles is 2. The van der Waals surface area contributed by atoms with Gasteiger partial charge in [0.15, 0.2) is 0 Å². The van der Waals surface area contributed by atoms with Crippen molar-refractivity contribution in [3.8, 4) is 24.0 Å². The predicted molar refractivity (Wildman–Crippen MR) is 66.9 cm³/mol. The van der Waals surface area contributed by atoms with E-state index in [0.29, 0.717) is 6.54 Å². The van der Waals surface area contributed by atoms with Crippen LogP contribution in [-0.2, 0) is 6.54 Å². The number of halogens is 1. The number of aliphatic hydroxyl groups is 1. The van der Waals surface area contributed by atoms with Gasteiger partial charge in [0.05, 0.1) is 30.8 Å². The van der Waals surface area contributed by atoms with E-state index in [0.717, 1.165) is 5.56 Å². The van der Waals surface area contributed by atoms with Crippen LogP contribution in [0.1, 0.15) is 11.1 Å². The normalized spacial score (nSPS) is 9.32. The minimum Gasteiger partial charge on any atom is -0.384 e. The Morgan fingerprint density at radius 2 is 1.89 bits per heavy atom. The van der Waals surface area contributed by atoms with Crippen LogP contribution < -0.4 is 0 Å². The molecule has 0 aromatic heterocycles. The Kier molecular flexibility index (Phi) is 6.06. The average Bonchev–Trinajstić information content (AvgIpc) is 2.40. The molecular weight excluding hydrogens is 245 g/mol. The van der Waals surface area contributed by atoms with E-state index in [1.54, 1.807) is 17.0 Å². The molecule has 0 spiro atoms. The van der Waals surface area contributed by atoms with E-state index in [2.05, 4.69) is 11.8 Å². The van der Waals surface area contributed by atoms with E-state index in [1.165, 1.54) is 6.07 Å². The molecule has 4 nitrogen and oxygen atoms in total. The smallest absolute Gasteiger partial charge is 0.138 e. The Balaban J connectivity index is 2.90. The lowest BCUT2D eigenvalue weighted by Gasteiger charge is -2.15. The van der Waals surface area contributed by atoms with Gasteiger partial charge in [0, 0.05) is 6.54 Å². The summed E-state index contributed by atoms with van der Waals surface area (Å²) in [6, 6.07) is 8.37. The van der Waals surface area contributed by atoms with Gasteiger partial charge in [-0.25, -0.2) is 4.39 Å². The highest BCUT2D eigenvalue weighted by Gasteiger charge is 2.07. The maximum absolute atomic E-state index is 13.4. The zero-order valence-electron chi connectivity index (χ0n) is 10.2. The van der Waals surface area contributed by atoms with Gasteiger partial charge in [0.2, 0.25) is 0 Å². The number of aliphatic hydroxyl groups excluding tert-OH is 1. The minimum atomic E-state index is -0.461. The van der Waals surface area contributed by atoms with Gasteiger partial charge in [-0.05, 0) is 17.7 Å². The molecule has 0 bridgehead atoms. The molecule has 0 aliphatic heterocycles. The quantitative estimate of drug-likeness (QED) is 0.645. The summed E-state index contributed by atoms with van der Waals surface area (Å²) < 4.78 is 13.4. The number of hydrogen-bond donors (Lipinski definition) is 1. The fraction of sp³-hybridized carbons (Fsp3) is 0.286. The maximum atomic E-state index is 13.4. The molecule has 96 valence electrons. The molecular formula is C14H12FN3O. The number of nitrogens with zero attached hydrogens (tertiary/aromatic N) is 3. The lowest BCUT2D eigenvalue weighted by molar-refractivity contribution is 0.334. The zero-order chi connectivity index (χ0) is 14.1. The largest absolute Gasteiger partial charge is 0.384 e. The van der Waals surface area contributed by atoms with E-state index in [-0.39, 0.29) is 25.3 Å². The van der Waals surface area contributed by atoms with Gasteiger partial charge in [-0.15, -0.1) is 0 Å². The monoisotopic (exact) mass is 257 g/mol. The van der Waals surface area contributed by atoms with Crippen molar-refractivity contribution < 1.29 is 9.50 Å². The van der Waals surface area contributed by atoms with Gasteiger partial charge in [-0.2, -0.15) is 10.5 Å². The van der Waals surface area contributed by atoms with Crippen molar-refractivity contribution in [2.45, 2.75) is 6.54 Å². The van der Waals surface area contributed by atoms with Crippen LogP contribution in [0.15, 0.2) is 18.2 Å². The third-order valence-corrected chi connectivity index (χ3v) is 2.33. The first-order valence-corrected chi connectivity index (χ1v) is 5.55. The zero-order valence-corrected chi connectivity index (χ0v) is 10.2. The molecule has 0 atom stereocenters. The first-order chi connectivity index (χ1) is 9.21. The SMILES string of the molecule is N#CCN(CC#N)Cc1ccc(F)c(C#CCO)c1. The summed E-state index contributed by atoms with van der Waals surface area (Å²) in [6.07, 6.45) is 0. The van der Waals surface area contributed by atoms with Crippen LogP contribution in [0.4, 0.5) is 4.39 Å². The van der Waals surface area contributed by atoms with Gasteiger partial charge in [-0.3, -0.25) is 4.90 Å². The fourth-order valence-corrected chi connectivity index (χ4v) is 1.53. The Morgan fingerprint density at radius 3 is 2.47 bits per heavy atom. The molecule has 1 N–H and O–H groups in total. The van der Waals surface area contributed by atoms with Crippen LogP contribution in [0.2, 0.25) is 0 Å². The third-order valence-electron chi connectivity index (χ3n) is 2.33. The van der Waals surface area contributed by atoms with E-state index in [1.807, 2.05) is 12.1 Å². The Bertz CT molecular complexity index is 559. The van der Waals surface area contributed by atoms with Crippen molar-refractivity contribution in [3.63, 3.8) is 0 Å². The third kappa shape index (κ3) is 4.77. The van der Waals surface area contributed by atoms with Crippen LogP contribution in [0.25, 0.3) is 0 Å². The second-order valence-corrected chi connectivity index (χ2v) is 3.74. The topological polar surface area (TPSA) is 71.0 Å². The molecule has 5 heteroatoms. The molecule has 0 unspecified atom stereocenters. The van der Waals surface area contributed by atoms with Crippen LogP contribution in [0, 0.1) is 40.3 Å². The van der Waals surface area contributed by atoms with Crippen LogP contribution in [0.5, 0.6) is 0 Å². The Labute approximate surface area is 111 Å². The highest BCUT2D eigenvalue weighted by molar-refractivity contribution is 5.38. The molecule has 0 saturated heterocycles.